The van der Waals surface area contributed by atoms with Gasteiger partial charge in [0.05, 0.1) is 18.7 Å². The molecule has 1 aliphatic heterocycles. The fourth-order valence-corrected chi connectivity index (χ4v) is 2.83. The Bertz CT molecular complexity index is 879. The van der Waals surface area contributed by atoms with Crippen molar-refractivity contribution >= 4 is 29.1 Å². The van der Waals surface area contributed by atoms with E-state index in [0.29, 0.717) is 22.7 Å². The average molecular weight is 367 g/mol. The second-order valence-corrected chi connectivity index (χ2v) is 6.37. The Hall–Kier alpha value is -3.35. The van der Waals surface area contributed by atoms with Crippen molar-refractivity contribution in [3.05, 3.63) is 54.1 Å². The number of amides is 3. The molecule has 0 saturated carbocycles. The second-order valence-electron chi connectivity index (χ2n) is 6.37. The zero-order chi connectivity index (χ0) is 19.4. The van der Waals surface area contributed by atoms with Crippen molar-refractivity contribution in [2.75, 3.05) is 37.5 Å². The van der Waals surface area contributed by atoms with Crippen molar-refractivity contribution < 1.29 is 19.1 Å². The van der Waals surface area contributed by atoms with Crippen LogP contribution >= 0.6 is 0 Å². The number of anilines is 2. The van der Waals surface area contributed by atoms with Crippen molar-refractivity contribution in [2.24, 2.45) is 0 Å². The molecule has 0 unspecified atom stereocenters. The summed E-state index contributed by atoms with van der Waals surface area (Å²) in [5, 5.41) is 2.75. The van der Waals surface area contributed by atoms with E-state index < -0.39 is 0 Å². The maximum absolute atomic E-state index is 12.5. The minimum Gasteiger partial charge on any atom is -0.491 e. The molecular formula is C20H21N3O4. The van der Waals surface area contributed by atoms with Gasteiger partial charge in [0.25, 0.3) is 5.91 Å². The number of fused-ring (bicyclic) bond motifs is 1. The van der Waals surface area contributed by atoms with Crippen molar-refractivity contribution in [3.63, 3.8) is 0 Å². The summed E-state index contributed by atoms with van der Waals surface area (Å²) in [5.74, 6) is -0.101. The van der Waals surface area contributed by atoms with Crippen LogP contribution in [-0.4, -0.2) is 49.9 Å². The van der Waals surface area contributed by atoms with Crippen LogP contribution in [-0.2, 0) is 9.59 Å². The minimum atomic E-state index is -0.352. The molecule has 0 aliphatic carbocycles. The van der Waals surface area contributed by atoms with Crippen LogP contribution in [0.1, 0.15) is 16.8 Å². The van der Waals surface area contributed by atoms with Crippen LogP contribution < -0.4 is 15.0 Å². The second kappa shape index (κ2) is 7.90. The van der Waals surface area contributed by atoms with Crippen molar-refractivity contribution in [1.82, 2.24) is 4.90 Å². The Balaban J connectivity index is 1.75. The van der Waals surface area contributed by atoms with E-state index in [-0.39, 0.29) is 37.3 Å². The lowest BCUT2D eigenvalue weighted by molar-refractivity contribution is -0.121. The average Bonchev–Trinajstić information content (AvgIpc) is 2.80. The van der Waals surface area contributed by atoms with Gasteiger partial charge in [-0.2, -0.15) is 0 Å². The van der Waals surface area contributed by atoms with Gasteiger partial charge in [-0.15, -0.1) is 0 Å². The van der Waals surface area contributed by atoms with Crippen LogP contribution in [0.25, 0.3) is 0 Å². The third-order valence-electron chi connectivity index (χ3n) is 4.13. The molecule has 0 spiro atoms. The molecular weight excluding hydrogens is 346 g/mol. The summed E-state index contributed by atoms with van der Waals surface area (Å²) in [5.41, 5.74) is 1.55. The Morgan fingerprint density at radius 3 is 2.70 bits per heavy atom. The number of carbonyl (C=O) groups excluding carboxylic acids is 3. The molecule has 3 rings (SSSR count). The number of para-hydroxylation sites is 2. The number of nitrogens with one attached hydrogen (secondary N) is 1. The summed E-state index contributed by atoms with van der Waals surface area (Å²) >= 11 is 0. The standard InChI is InChI=1S/C20H21N3O4/c1-22(2)20(26)14-6-5-7-15(12-14)21-18(24)13-23-16-8-3-4-9-17(16)27-11-10-19(23)25/h3-9,12H,10-11,13H2,1-2H3,(H,21,24). The fraction of sp³-hybridized carbons (Fsp3) is 0.250. The first-order valence-electron chi connectivity index (χ1n) is 8.59. The maximum atomic E-state index is 12.5. The minimum absolute atomic E-state index is 0.134. The highest BCUT2D eigenvalue weighted by atomic mass is 16.5. The summed E-state index contributed by atoms with van der Waals surface area (Å²) < 4.78 is 5.58. The number of hydrogen-bond acceptors (Lipinski definition) is 4. The van der Waals surface area contributed by atoms with E-state index >= 15 is 0 Å². The summed E-state index contributed by atoms with van der Waals surface area (Å²) in [7, 11) is 3.33. The van der Waals surface area contributed by atoms with Gasteiger partial charge in [0.15, 0.2) is 0 Å². The van der Waals surface area contributed by atoms with Crippen molar-refractivity contribution in [2.45, 2.75) is 6.42 Å². The van der Waals surface area contributed by atoms with E-state index in [1.807, 2.05) is 6.07 Å². The molecule has 0 fully saturated rings. The Morgan fingerprint density at radius 1 is 1.15 bits per heavy atom. The van der Waals surface area contributed by atoms with E-state index in [1.165, 1.54) is 9.80 Å². The van der Waals surface area contributed by atoms with Crippen LogP contribution in [0, 0.1) is 0 Å². The van der Waals surface area contributed by atoms with Gasteiger partial charge in [-0.05, 0) is 30.3 Å². The molecule has 2 aromatic rings. The zero-order valence-corrected chi connectivity index (χ0v) is 15.3. The highest BCUT2D eigenvalue weighted by Crippen LogP contribution is 2.30. The Kier molecular flexibility index (Phi) is 5.40. The van der Waals surface area contributed by atoms with Crippen LogP contribution in [0.4, 0.5) is 11.4 Å². The van der Waals surface area contributed by atoms with Gasteiger partial charge < -0.3 is 15.0 Å². The lowest BCUT2D eigenvalue weighted by Gasteiger charge is -2.21. The van der Waals surface area contributed by atoms with Gasteiger partial charge >= 0.3 is 0 Å². The number of carbonyl (C=O) groups is 3. The lowest BCUT2D eigenvalue weighted by atomic mass is 10.2. The molecule has 2 aromatic carbocycles. The first kappa shape index (κ1) is 18.4. The monoisotopic (exact) mass is 367 g/mol. The van der Waals surface area contributed by atoms with E-state index in [0.717, 1.165) is 0 Å². The number of rotatable bonds is 4. The summed E-state index contributed by atoms with van der Waals surface area (Å²) in [6.45, 7) is 0.147. The van der Waals surface area contributed by atoms with Crippen molar-refractivity contribution in [3.8, 4) is 5.75 Å². The predicted octanol–water partition coefficient (Wildman–Crippen LogP) is 2.14. The molecule has 0 saturated heterocycles. The number of ether oxygens (including phenoxy) is 1. The van der Waals surface area contributed by atoms with Crippen molar-refractivity contribution in [1.29, 1.82) is 0 Å². The van der Waals surface area contributed by atoms with Crippen LogP contribution in [0.5, 0.6) is 5.75 Å². The summed E-state index contributed by atoms with van der Waals surface area (Å²) in [6, 6.07) is 13.8. The van der Waals surface area contributed by atoms with Gasteiger partial charge in [0, 0.05) is 25.3 Å². The molecule has 3 amide bonds. The first-order valence-corrected chi connectivity index (χ1v) is 8.59. The SMILES string of the molecule is CN(C)C(=O)c1cccc(NC(=O)CN2C(=O)CCOc3ccccc32)c1. The smallest absolute Gasteiger partial charge is 0.253 e. The van der Waals surface area contributed by atoms with Gasteiger partial charge in [-0.3, -0.25) is 19.3 Å². The largest absolute Gasteiger partial charge is 0.491 e. The Morgan fingerprint density at radius 2 is 1.93 bits per heavy atom. The first-order chi connectivity index (χ1) is 13.0. The molecule has 0 radical (unpaired) electrons. The van der Waals surface area contributed by atoms with Crippen LogP contribution in [0.15, 0.2) is 48.5 Å². The van der Waals surface area contributed by atoms with Crippen LogP contribution in [0.3, 0.4) is 0 Å². The van der Waals surface area contributed by atoms with Gasteiger partial charge in [0.1, 0.15) is 12.3 Å². The number of nitrogens with zero attached hydrogens (tertiary/aromatic N) is 2. The van der Waals surface area contributed by atoms with E-state index in [2.05, 4.69) is 5.32 Å². The topological polar surface area (TPSA) is 79.0 Å². The maximum Gasteiger partial charge on any atom is 0.253 e. The zero-order valence-electron chi connectivity index (χ0n) is 15.3. The van der Waals surface area contributed by atoms with E-state index in [9.17, 15) is 14.4 Å². The van der Waals surface area contributed by atoms with E-state index in [4.69, 9.17) is 4.74 Å². The van der Waals surface area contributed by atoms with Gasteiger partial charge in [0.2, 0.25) is 11.8 Å². The molecule has 7 nitrogen and oxygen atoms in total. The molecule has 0 atom stereocenters. The molecule has 0 aromatic heterocycles. The third-order valence-corrected chi connectivity index (χ3v) is 4.13. The molecule has 7 heteroatoms. The lowest BCUT2D eigenvalue weighted by Crippen LogP contribution is -2.37. The summed E-state index contributed by atoms with van der Waals surface area (Å²) in [6.07, 6.45) is 0.203. The summed E-state index contributed by atoms with van der Waals surface area (Å²) in [4.78, 5) is 39.9. The molecule has 27 heavy (non-hydrogen) atoms. The van der Waals surface area contributed by atoms with Gasteiger partial charge in [-0.1, -0.05) is 18.2 Å². The third kappa shape index (κ3) is 4.25. The highest BCUT2D eigenvalue weighted by Gasteiger charge is 2.25. The highest BCUT2D eigenvalue weighted by molar-refractivity contribution is 6.04. The number of hydrogen-bond donors (Lipinski definition) is 1. The molecule has 1 aliphatic rings. The van der Waals surface area contributed by atoms with Crippen LogP contribution in [0.2, 0.25) is 0 Å². The van der Waals surface area contributed by atoms with E-state index in [1.54, 1.807) is 56.6 Å². The quantitative estimate of drug-likeness (QED) is 0.898. The molecule has 1 N–H and O–H groups in total. The number of benzene rings is 2. The molecule has 0 bridgehead atoms. The molecule has 1 heterocycles. The fourth-order valence-electron chi connectivity index (χ4n) is 2.83. The van der Waals surface area contributed by atoms with Gasteiger partial charge in [-0.25, -0.2) is 0 Å². The predicted molar refractivity (Wildman–Crippen MR) is 102 cm³/mol. The normalized spacial score (nSPS) is 13.3. The molecule has 140 valence electrons. The Labute approximate surface area is 157 Å².